The second kappa shape index (κ2) is 4.25. The molecule has 2 aliphatic carbocycles. The number of piperidine rings is 1. The lowest BCUT2D eigenvalue weighted by atomic mass is 9.98. The van der Waals surface area contributed by atoms with Crippen molar-refractivity contribution in [2.45, 2.75) is 44.6 Å². The highest BCUT2D eigenvalue weighted by Gasteiger charge is 2.46. The predicted octanol–water partition coefficient (Wildman–Crippen LogP) is 3.13. The third-order valence-corrected chi connectivity index (χ3v) is 5.12. The first-order valence-electron chi connectivity index (χ1n) is 6.67. The highest BCUT2D eigenvalue weighted by molar-refractivity contribution is 6.18. The molecule has 15 heavy (non-hydrogen) atoms. The Morgan fingerprint density at radius 3 is 2.60 bits per heavy atom. The molecule has 3 aliphatic rings. The summed E-state index contributed by atoms with van der Waals surface area (Å²) in [7, 11) is 0. The average Bonchev–Trinajstić information content (AvgIpc) is 2.87. The van der Waals surface area contributed by atoms with E-state index in [1.54, 1.807) is 6.42 Å². The zero-order valence-electron chi connectivity index (χ0n) is 9.50. The molecule has 3 rings (SSSR count). The topological polar surface area (TPSA) is 3.24 Å². The maximum Gasteiger partial charge on any atom is 0.0379 e. The molecule has 0 amide bonds. The summed E-state index contributed by atoms with van der Waals surface area (Å²) in [6, 6.07) is 0.692. The summed E-state index contributed by atoms with van der Waals surface area (Å²) in [5.41, 5.74) is 0. The van der Waals surface area contributed by atoms with E-state index in [2.05, 4.69) is 4.90 Å². The van der Waals surface area contributed by atoms with Crippen LogP contribution in [0, 0.1) is 17.8 Å². The number of hydrogen-bond donors (Lipinski definition) is 0. The van der Waals surface area contributed by atoms with Gasteiger partial charge in [0.1, 0.15) is 0 Å². The minimum Gasteiger partial charge on any atom is -0.299 e. The minimum atomic E-state index is 0.692. The maximum atomic E-state index is 6.06. The van der Waals surface area contributed by atoms with Crippen LogP contribution in [0.5, 0.6) is 0 Å². The van der Waals surface area contributed by atoms with Gasteiger partial charge in [-0.25, -0.2) is 0 Å². The van der Waals surface area contributed by atoms with Gasteiger partial charge in [0, 0.05) is 18.5 Å². The molecule has 0 aromatic rings. The summed E-state index contributed by atoms with van der Waals surface area (Å²) >= 11 is 6.06. The Morgan fingerprint density at radius 1 is 1.07 bits per heavy atom. The molecule has 1 aliphatic heterocycles. The quantitative estimate of drug-likeness (QED) is 0.670. The third-order valence-electron chi connectivity index (χ3n) is 4.76. The smallest absolute Gasteiger partial charge is 0.0379 e. The number of hydrogen-bond acceptors (Lipinski definition) is 1. The van der Waals surface area contributed by atoms with Crippen LogP contribution in [-0.4, -0.2) is 29.9 Å². The van der Waals surface area contributed by atoms with E-state index in [0.29, 0.717) is 6.04 Å². The highest BCUT2D eigenvalue weighted by Crippen LogP contribution is 2.54. The van der Waals surface area contributed by atoms with Crippen LogP contribution in [0.1, 0.15) is 38.5 Å². The Morgan fingerprint density at radius 2 is 1.87 bits per heavy atom. The van der Waals surface area contributed by atoms with Crippen LogP contribution in [0.15, 0.2) is 0 Å². The SMILES string of the molecule is ClCC1CCCCN1CC1CC2CC2C1. The van der Waals surface area contributed by atoms with E-state index in [0.717, 1.165) is 23.6 Å². The molecular formula is C13H22ClN. The van der Waals surface area contributed by atoms with E-state index in [1.807, 2.05) is 0 Å². The molecule has 0 bridgehead atoms. The highest BCUT2D eigenvalue weighted by atomic mass is 35.5. The number of fused-ring (bicyclic) bond motifs is 1. The first-order chi connectivity index (χ1) is 7.36. The summed E-state index contributed by atoms with van der Waals surface area (Å²) in [5, 5.41) is 0. The number of nitrogens with zero attached hydrogens (tertiary/aromatic N) is 1. The summed E-state index contributed by atoms with van der Waals surface area (Å²) in [6.45, 7) is 2.66. The lowest BCUT2D eigenvalue weighted by molar-refractivity contribution is 0.135. The first-order valence-corrected chi connectivity index (χ1v) is 7.20. The molecule has 0 radical (unpaired) electrons. The van der Waals surface area contributed by atoms with Gasteiger partial charge in [-0.1, -0.05) is 6.42 Å². The molecule has 86 valence electrons. The molecule has 0 aromatic heterocycles. The van der Waals surface area contributed by atoms with Crippen molar-refractivity contribution in [3.8, 4) is 0 Å². The van der Waals surface area contributed by atoms with Crippen molar-refractivity contribution in [2.75, 3.05) is 19.0 Å². The van der Waals surface area contributed by atoms with Crippen LogP contribution in [0.3, 0.4) is 0 Å². The molecule has 2 heteroatoms. The Balaban J connectivity index is 1.51. The van der Waals surface area contributed by atoms with Crippen LogP contribution in [0.2, 0.25) is 0 Å². The van der Waals surface area contributed by atoms with E-state index < -0.39 is 0 Å². The average molecular weight is 228 g/mol. The van der Waals surface area contributed by atoms with Crippen molar-refractivity contribution in [2.24, 2.45) is 17.8 Å². The number of likely N-dealkylation sites (tertiary alicyclic amines) is 1. The molecule has 1 nitrogen and oxygen atoms in total. The van der Waals surface area contributed by atoms with Gasteiger partial charge in [0.2, 0.25) is 0 Å². The fourth-order valence-corrected chi connectivity index (χ4v) is 4.15. The monoisotopic (exact) mass is 227 g/mol. The van der Waals surface area contributed by atoms with Crippen LogP contribution in [0.4, 0.5) is 0 Å². The second-order valence-corrected chi connectivity index (χ2v) is 6.20. The van der Waals surface area contributed by atoms with Crippen LogP contribution in [-0.2, 0) is 0 Å². The molecule has 1 heterocycles. The zero-order valence-corrected chi connectivity index (χ0v) is 10.3. The van der Waals surface area contributed by atoms with Gasteiger partial charge >= 0.3 is 0 Å². The van der Waals surface area contributed by atoms with Crippen molar-refractivity contribution in [1.29, 1.82) is 0 Å². The van der Waals surface area contributed by atoms with Crippen molar-refractivity contribution < 1.29 is 0 Å². The Kier molecular flexibility index (Phi) is 2.95. The summed E-state index contributed by atoms with van der Waals surface area (Å²) in [6.07, 6.45) is 8.72. The van der Waals surface area contributed by atoms with Crippen molar-refractivity contribution in [3.63, 3.8) is 0 Å². The lowest BCUT2D eigenvalue weighted by Crippen LogP contribution is -2.43. The van der Waals surface area contributed by atoms with E-state index in [-0.39, 0.29) is 0 Å². The minimum absolute atomic E-state index is 0.692. The van der Waals surface area contributed by atoms with Gasteiger partial charge in [0.15, 0.2) is 0 Å². The van der Waals surface area contributed by atoms with Crippen LogP contribution < -0.4 is 0 Å². The third kappa shape index (κ3) is 2.19. The number of halogens is 1. The van der Waals surface area contributed by atoms with Gasteiger partial charge in [-0.15, -0.1) is 11.6 Å². The van der Waals surface area contributed by atoms with Gasteiger partial charge in [0.05, 0.1) is 0 Å². The van der Waals surface area contributed by atoms with Gasteiger partial charge in [-0.2, -0.15) is 0 Å². The molecule has 3 fully saturated rings. The van der Waals surface area contributed by atoms with Gasteiger partial charge in [-0.05, 0) is 56.4 Å². The second-order valence-electron chi connectivity index (χ2n) is 5.89. The number of rotatable bonds is 3. The predicted molar refractivity (Wildman–Crippen MR) is 64.3 cm³/mol. The van der Waals surface area contributed by atoms with E-state index in [4.69, 9.17) is 11.6 Å². The fraction of sp³-hybridized carbons (Fsp3) is 1.00. The summed E-state index contributed by atoms with van der Waals surface area (Å²) in [5.74, 6) is 4.13. The molecule has 2 saturated carbocycles. The summed E-state index contributed by atoms with van der Waals surface area (Å²) in [4.78, 5) is 2.69. The van der Waals surface area contributed by atoms with E-state index >= 15 is 0 Å². The van der Waals surface area contributed by atoms with E-state index in [1.165, 1.54) is 45.2 Å². The Labute approximate surface area is 98.2 Å². The molecule has 3 atom stereocenters. The van der Waals surface area contributed by atoms with Crippen molar-refractivity contribution in [1.82, 2.24) is 4.90 Å². The molecule has 0 spiro atoms. The standard InChI is InChI=1S/C13H22ClN/c14-8-13-3-1-2-4-15(13)9-10-5-11-7-12(11)6-10/h10-13H,1-9H2. The molecular weight excluding hydrogens is 206 g/mol. The molecule has 0 N–H and O–H groups in total. The first kappa shape index (κ1) is 10.4. The molecule has 1 saturated heterocycles. The van der Waals surface area contributed by atoms with Crippen molar-refractivity contribution in [3.05, 3.63) is 0 Å². The van der Waals surface area contributed by atoms with Crippen LogP contribution >= 0.6 is 11.6 Å². The maximum absolute atomic E-state index is 6.06. The van der Waals surface area contributed by atoms with Gasteiger partial charge < -0.3 is 0 Å². The molecule has 3 unspecified atom stereocenters. The van der Waals surface area contributed by atoms with Crippen molar-refractivity contribution >= 4 is 11.6 Å². The fourth-order valence-electron chi connectivity index (χ4n) is 3.80. The zero-order chi connectivity index (χ0) is 10.3. The normalized spacial score (nSPS) is 45.4. The van der Waals surface area contributed by atoms with Gasteiger partial charge in [0.25, 0.3) is 0 Å². The van der Waals surface area contributed by atoms with Crippen LogP contribution in [0.25, 0.3) is 0 Å². The van der Waals surface area contributed by atoms with E-state index in [9.17, 15) is 0 Å². The number of alkyl halides is 1. The lowest BCUT2D eigenvalue weighted by Gasteiger charge is -2.36. The largest absolute Gasteiger partial charge is 0.299 e. The Bertz CT molecular complexity index is 221. The summed E-state index contributed by atoms with van der Waals surface area (Å²) < 4.78 is 0. The van der Waals surface area contributed by atoms with Gasteiger partial charge in [-0.3, -0.25) is 4.90 Å². The molecule has 0 aromatic carbocycles. The Hall–Kier alpha value is 0.250.